The molecule has 0 saturated carbocycles. The molecule has 1 aromatic heterocycles. The van der Waals surface area contributed by atoms with E-state index in [4.69, 9.17) is 0 Å². The molecule has 3 rings (SSSR count). The second-order valence-corrected chi connectivity index (χ2v) is 7.51. The van der Waals surface area contributed by atoms with Crippen LogP contribution in [0.25, 0.3) is 11.4 Å². The normalized spacial score (nSPS) is 11.1. The molecule has 124 valence electrons. The van der Waals surface area contributed by atoms with Gasteiger partial charge in [0.2, 0.25) is 0 Å². The highest BCUT2D eigenvalue weighted by Crippen LogP contribution is 2.25. The van der Waals surface area contributed by atoms with E-state index in [0.717, 1.165) is 4.73 Å². The number of hydrogen-bond donors (Lipinski definition) is 0. The zero-order chi connectivity index (χ0) is 17.6. The second kappa shape index (κ2) is 6.21. The van der Waals surface area contributed by atoms with Crippen LogP contribution in [0.5, 0.6) is 0 Å². The van der Waals surface area contributed by atoms with Gasteiger partial charge in [-0.1, -0.05) is 35.4 Å². The first kappa shape index (κ1) is 17.0. The van der Waals surface area contributed by atoms with E-state index < -0.39 is 0 Å². The largest absolute Gasteiger partial charge is 0.335 e. The Bertz CT molecular complexity index is 814. The van der Waals surface area contributed by atoms with Gasteiger partial charge >= 0.3 is 4.73 Å². The van der Waals surface area contributed by atoms with Crippen LogP contribution in [-0.2, 0) is 0 Å². The molecule has 0 amide bonds. The van der Waals surface area contributed by atoms with Crippen LogP contribution >= 0.6 is 15.9 Å². The number of hydrogen-bond acceptors (Lipinski definition) is 0. The van der Waals surface area contributed by atoms with Gasteiger partial charge in [0.25, 0.3) is 0 Å². The summed E-state index contributed by atoms with van der Waals surface area (Å²) in [5.41, 5.74) is 10.2. The lowest BCUT2D eigenvalue weighted by atomic mass is 10.0. The van der Waals surface area contributed by atoms with Crippen molar-refractivity contribution in [1.82, 2.24) is 4.57 Å². The van der Waals surface area contributed by atoms with E-state index in [9.17, 15) is 0 Å². The third-order valence-corrected chi connectivity index (χ3v) is 5.28. The lowest BCUT2D eigenvalue weighted by Crippen LogP contribution is -2.32. The molecule has 3 aromatic rings. The van der Waals surface area contributed by atoms with E-state index in [-0.39, 0.29) is 0 Å². The highest BCUT2D eigenvalue weighted by molar-refractivity contribution is 9.10. The molecular formula is C21H24BrN2+. The standard InChI is InChI=1S/C21H24BrN2/c1-13-9-15(3)19(16(4)10-13)23-7-8-24(21(23)22)20-17(5)11-14(2)12-18(20)6/h7-12H,1-6H3/q+1. The third kappa shape index (κ3) is 2.82. The van der Waals surface area contributed by atoms with Gasteiger partial charge in [-0.2, -0.15) is 9.13 Å². The second-order valence-electron chi connectivity index (χ2n) is 6.80. The van der Waals surface area contributed by atoms with Crippen molar-refractivity contribution in [2.24, 2.45) is 0 Å². The first-order valence-corrected chi connectivity index (χ1v) is 9.04. The topological polar surface area (TPSA) is 8.81 Å². The lowest BCUT2D eigenvalue weighted by molar-refractivity contribution is -0.607. The molecule has 0 bridgehead atoms. The van der Waals surface area contributed by atoms with E-state index >= 15 is 0 Å². The van der Waals surface area contributed by atoms with E-state index in [0.29, 0.717) is 0 Å². The molecule has 0 aliphatic carbocycles. The maximum absolute atomic E-state index is 3.82. The first-order valence-electron chi connectivity index (χ1n) is 8.24. The molecule has 0 fully saturated rings. The maximum atomic E-state index is 3.82. The number of halogens is 1. The summed E-state index contributed by atoms with van der Waals surface area (Å²) in [6.07, 6.45) is 4.26. The van der Waals surface area contributed by atoms with Crippen molar-refractivity contribution >= 4 is 15.9 Å². The van der Waals surface area contributed by atoms with E-state index in [2.05, 4.69) is 103 Å². The van der Waals surface area contributed by atoms with E-state index in [1.165, 1.54) is 44.8 Å². The molecule has 0 atom stereocenters. The minimum atomic E-state index is 1.03. The van der Waals surface area contributed by atoms with Crippen LogP contribution in [0.1, 0.15) is 33.4 Å². The highest BCUT2D eigenvalue weighted by atomic mass is 79.9. The molecule has 0 spiro atoms. The average Bonchev–Trinajstić information content (AvgIpc) is 2.79. The van der Waals surface area contributed by atoms with Crippen LogP contribution in [0, 0.1) is 41.5 Å². The van der Waals surface area contributed by atoms with Crippen molar-refractivity contribution in [3.63, 3.8) is 0 Å². The Morgan fingerprint density at radius 1 is 0.750 bits per heavy atom. The lowest BCUT2D eigenvalue weighted by Gasteiger charge is -2.10. The highest BCUT2D eigenvalue weighted by Gasteiger charge is 2.23. The van der Waals surface area contributed by atoms with Crippen LogP contribution in [0.15, 0.2) is 41.4 Å². The molecule has 0 N–H and O–H groups in total. The fourth-order valence-electron chi connectivity index (χ4n) is 3.81. The van der Waals surface area contributed by atoms with Crippen LogP contribution in [0.2, 0.25) is 0 Å². The smallest absolute Gasteiger partial charge is 0.189 e. The summed E-state index contributed by atoms with van der Waals surface area (Å²) in [6.45, 7) is 13.0. The zero-order valence-electron chi connectivity index (χ0n) is 15.2. The van der Waals surface area contributed by atoms with E-state index in [1.54, 1.807) is 0 Å². The summed E-state index contributed by atoms with van der Waals surface area (Å²) in [5.74, 6) is 0. The summed E-state index contributed by atoms with van der Waals surface area (Å²) in [6, 6.07) is 8.95. The molecule has 3 heteroatoms. The summed E-state index contributed by atoms with van der Waals surface area (Å²) in [5, 5.41) is 0. The molecule has 0 unspecified atom stereocenters. The number of nitrogens with zero attached hydrogens (tertiary/aromatic N) is 2. The van der Waals surface area contributed by atoms with Gasteiger partial charge in [0.15, 0.2) is 0 Å². The van der Waals surface area contributed by atoms with Gasteiger partial charge < -0.3 is 0 Å². The Morgan fingerprint density at radius 3 is 1.71 bits per heavy atom. The Balaban J connectivity index is 2.22. The van der Waals surface area contributed by atoms with Gasteiger partial charge in [-0.05, 0) is 63.8 Å². The predicted molar refractivity (Wildman–Crippen MR) is 103 cm³/mol. The first-order chi connectivity index (χ1) is 11.3. The third-order valence-electron chi connectivity index (χ3n) is 4.51. The molecule has 2 aromatic carbocycles. The number of benzene rings is 2. The van der Waals surface area contributed by atoms with Gasteiger partial charge in [0, 0.05) is 0 Å². The molecular weight excluding hydrogens is 360 g/mol. The van der Waals surface area contributed by atoms with Crippen molar-refractivity contribution in [2.45, 2.75) is 41.5 Å². The van der Waals surface area contributed by atoms with Crippen LogP contribution in [-0.4, -0.2) is 4.57 Å². The Morgan fingerprint density at radius 2 is 1.21 bits per heavy atom. The van der Waals surface area contributed by atoms with Gasteiger partial charge in [0.1, 0.15) is 23.8 Å². The van der Waals surface area contributed by atoms with Gasteiger partial charge in [-0.25, -0.2) is 0 Å². The zero-order valence-corrected chi connectivity index (χ0v) is 16.8. The molecule has 0 aliphatic heterocycles. The Hall–Kier alpha value is -1.87. The van der Waals surface area contributed by atoms with Gasteiger partial charge in [-0.3, -0.25) is 0 Å². The summed E-state index contributed by atoms with van der Waals surface area (Å²) in [7, 11) is 0. The van der Waals surface area contributed by atoms with Crippen molar-refractivity contribution in [3.8, 4) is 11.4 Å². The molecule has 1 heterocycles. The summed E-state index contributed by atoms with van der Waals surface area (Å²) in [4.78, 5) is 0. The quantitative estimate of drug-likeness (QED) is 0.526. The number of rotatable bonds is 2. The van der Waals surface area contributed by atoms with Crippen LogP contribution in [0.3, 0.4) is 0 Å². The van der Waals surface area contributed by atoms with Crippen molar-refractivity contribution in [3.05, 3.63) is 74.8 Å². The van der Waals surface area contributed by atoms with Gasteiger partial charge in [-0.15, -0.1) is 0 Å². The maximum Gasteiger partial charge on any atom is 0.335 e. The van der Waals surface area contributed by atoms with Crippen LogP contribution < -0.4 is 4.57 Å². The number of imidazole rings is 1. The Labute approximate surface area is 152 Å². The van der Waals surface area contributed by atoms with Crippen molar-refractivity contribution in [2.75, 3.05) is 0 Å². The molecule has 0 saturated heterocycles. The SMILES string of the molecule is Cc1cc(C)c(-n2cc[n+](-c3c(C)cc(C)cc3C)c2Br)c(C)c1. The monoisotopic (exact) mass is 383 g/mol. The minimum Gasteiger partial charge on any atom is -0.189 e. The van der Waals surface area contributed by atoms with Crippen LogP contribution in [0.4, 0.5) is 0 Å². The van der Waals surface area contributed by atoms with Gasteiger partial charge in [0.05, 0.1) is 15.9 Å². The fourth-order valence-corrected chi connectivity index (χ4v) is 4.40. The summed E-state index contributed by atoms with van der Waals surface area (Å²) < 4.78 is 5.48. The van der Waals surface area contributed by atoms with E-state index in [1.807, 2.05) is 0 Å². The molecule has 0 radical (unpaired) electrons. The molecule has 24 heavy (non-hydrogen) atoms. The molecule has 2 nitrogen and oxygen atoms in total. The number of aromatic nitrogens is 2. The number of aryl methyl sites for hydroxylation is 6. The van der Waals surface area contributed by atoms with Crippen molar-refractivity contribution < 1.29 is 4.57 Å². The van der Waals surface area contributed by atoms with Crippen molar-refractivity contribution in [1.29, 1.82) is 0 Å². The molecule has 0 aliphatic rings. The predicted octanol–water partition coefficient (Wildman–Crippen LogP) is 5.37. The average molecular weight is 384 g/mol. The fraction of sp³-hybridized carbons (Fsp3) is 0.286. The minimum absolute atomic E-state index is 1.03. The Kier molecular flexibility index (Phi) is 4.39. The summed E-state index contributed by atoms with van der Waals surface area (Å²) >= 11 is 3.82.